The molecule has 0 atom stereocenters. The maximum atomic E-state index is 11.2. The Morgan fingerprint density at radius 3 is 2.79 bits per heavy atom. The lowest BCUT2D eigenvalue weighted by Crippen LogP contribution is -2.09. The Balaban J connectivity index is 2.62. The first-order chi connectivity index (χ1) is 6.76. The average molecular weight is 194 g/mol. The van der Waals surface area contributed by atoms with Gasteiger partial charge in [-0.25, -0.2) is 0 Å². The highest BCUT2D eigenvalue weighted by Crippen LogP contribution is 2.06. The van der Waals surface area contributed by atoms with E-state index < -0.39 is 0 Å². The largest absolute Gasteiger partial charge is 0.392 e. The van der Waals surface area contributed by atoms with Crippen LogP contribution in [-0.4, -0.2) is 24.6 Å². The molecule has 0 saturated carbocycles. The Morgan fingerprint density at radius 2 is 2.14 bits per heavy atom. The van der Waals surface area contributed by atoms with Crippen LogP contribution in [0.5, 0.6) is 0 Å². The van der Waals surface area contributed by atoms with Crippen LogP contribution in [0.15, 0.2) is 24.3 Å². The number of ether oxygens (including phenoxy) is 1. The molecular formula is C11H14O3. The third kappa shape index (κ3) is 3.28. The van der Waals surface area contributed by atoms with Gasteiger partial charge in [0.2, 0.25) is 0 Å². The van der Waals surface area contributed by atoms with Crippen LogP contribution >= 0.6 is 0 Å². The van der Waals surface area contributed by atoms with Gasteiger partial charge in [-0.05, 0) is 11.1 Å². The molecule has 76 valence electrons. The van der Waals surface area contributed by atoms with Crippen molar-refractivity contribution in [1.82, 2.24) is 0 Å². The van der Waals surface area contributed by atoms with E-state index >= 15 is 0 Å². The van der Waals surface area contributed by atoms with Gasteiger partial charge in [0, 0.05) is 13.5 Å². The van der Waals surface area contributed by atoms with Crippen LogP contribution in [0.4, 0.5) is 0 Å². The Bertz CT molecular complexity index is 307. The zero-order valence-corrected chi connectivity index (χ0v) is 8.19. The van der Waals surface area contributed by atoms with Crippen molar-refractivity contribution in [3.05, 3.63) is 35.4 Å². The van der Waals surface area contributed by atoms with E-state index in [0.717, 1.165) is 11.1 Å². The number of Topliss-reactive ketones (excluding diaryl/α,β-unsaturated/α-hetero) is 1. The molecule has 0 saturated heterocycles. The van der Waals surface area contributed by atoms with E-state index in [0.29, 0.717) is 6.42 Å². The van der Waals surface area contributed by atoms with Crippen molar-refractivity contribution in [3.63, 3.8) is 0 Å². The third-order valence-corrected chi connectivity index (χ3v) is 1.88. The summed E-state index contributed by atoms with van der Waals surface area (Å²) in [6.45, 7) is 0.148. The lowest BCUT2D eigenvalue weighted by atomic mass is 10.1. The summed E-state index contributed by atoms with van der Waals surface area (Å²) in [5.41, 5.74) is 1.74. The third-order valence-electron chi connectivity index (χ3n) is 1.88. The number of ketones is 1. The number of hydrogen-bond donors (Lipinski definition) is 1. The average Bonchev–Trinajstić information content (AvgIpc) is 2.18. The molecule has 1 aromatic carbocycles. The quantitative estimate of drug-likeness (QED) is 0.758. The van der Waals surface area contributed by atoms with Crippen LogP contribution in [0.2, 0.25) is 0 Å². The highest BCUT2D eigenvalue weighted by Gasteiger charge is 2.03. The number of benzene rings is 1. The fourth-order valence-electron chi connectivity index (χ4n) is 1.28. The zero-order chi connectivity index (χ0) is 10.4. The molecule has 0 aliphatic heterocycles. The molecule has 3 nitrogen and oxygen atoms in total. The van der Waals surface area contributed by atoms with Gasteiger partial charge in [0.1, 0.15) is 6.61 Å². The summed E-state index contributed by atoms with van der Waals surface area (Å²) in [6, 6.07) is 7.35. The van der Waals surface area contributed by atoms with Crippen LogP contribution in [0.25, 0.3) is 0 Å². The fraction of sp³-hybridized carbons (Fsp3) is 0.364. The molecule has 3 heteroatoms. The summed E-state index contributed by atoms with van der Waals surface area (Å²) in [4.78, 5) is 11.2. The van der Waals surface area contributed by atoms with Crippen molar-refractivity contribution in [2.24, 2.45) is 0 Å². The Labute approximate surface area is 83.3 Å². The summed E-state index contributed by atoms with van der Waals surface area (Å²) in [7, 11) is 1.50. The second-order valence-corrected chi connectivity index (χ2v) is 3.13. The normalized spacial score (nSPS) is 10.1. The minimum absolute atomic E-state index is 0.00626. The Morgan fingerprint density at radius 1 is 1.43 bits per heavy atom. The summed E-state index contributed by atoms with van der Waals surface area (Å²) >= 11 is 0. The molecule has 0 fully saturated rings. The minimum Gasteiger partial charge on any atom is -0.392 e. The highest BCUT2D eigenvalue weighted by atomic mass is 16.5. The second kappa shape index (κ2) is 5.52. The molecule has 0 radical (unpaired) electrons. The highest BCUT2D eigenvalue weighted by molar-refractivity contribution is 5.82. The van der Waals surface area contributed by atoms with Gasteiger partial charge in [-0.1, -0.05) is 24.3 Å². The summed E-state index contributed by atoms with van der Waals surface area (Å²) < 4.78 is 4.73. The zero-order valence-electron chi connectivity index (χ0n) is 8.19. The van der Waals surface area contributed by atoms with Gasteiger partial charge in [-0.3, -0.25) is 4.79 Å². The number of aliphatic hydroxyl groups is 1. The molecule has 1 aromatic rings. The van der Waals surface area contributed by atoms with Crippen LogP contribution in [0.1, 0.15) is 11.1 Å². The predicted molar refractivity (Wildman–Crippen MR) is 53.0 cm³/mol. The van der Waals surface area contributed by atoms with Crippen molar-refractivity contribution >= 4 is 5.78 Å². The first kappa shape index (κ1) is 10.9. The maximum absolute atomic E-state index is 11.2. The van der Waals surface area contributed by atoms with Crippen molar-refractivity contribution in [3.8, 4) is 0 Å². The van der Waals surface area contributed by atoms with Gasteiger partial charge < -0.3 is 9.84 Å². The number of carbonyl (C=O) groups is 1. The van der Waals surface area contributed by atoms with Gasteiger partial charge in [0.15, 0.2) is 5.78 Å². The molecule has 0 spiro atoms. The molecule has 0 heterocycles. The molecule has 1 N–H and O–H groups in total. The predicted octanol–water partition coefficient (Wildman–Crippen LogP) is 0.937. The van der Waals surface area contributed by atoms with E-state index in [1.807, 2.05) is 24.3 Å². The monoisotopic (exact) mass is 194 g/mol. The standard InChI is InChI=1S/C11H14O3/c1-14-8-11(13)6-9-3-2-4-10(5-9)7-12/h2-5,12H,6-8H2,1H3. The van der Waals surface area contributed by atoms with Crippen LogP contribution in [-0.2, 0) is 22.6 Å². The SMILES string of the molecule is COCC(=O)Cc1cccc(CO)c1. The summed E-state index contributed by atoms with van der Waals surface area (Å²) in [6.07, 6.45) is 0.363. The van der Waals surface area contributed by atoms with E-state index in [1.165, 1.54) is 7.11 Å². The van der Waals surface area contributed by atoms with Crippen LogP contribution < -0.4 is 0 Å². The van der Waals surface area contributed by atoms with E-state index in [-0.39, 0.29) is 19.0 Å². The van der Waals surface area contributed by atoms with Gasteiger partial charge in [-0.2, -0.15) is 0 Å². The van der Waals surface area contributed by atoms with E-state index in [2.05, 4.69) is 0 Å². The smallest absolute Gasteiger partial charge is 0.162 e. The second-order valence-electron chi connectivity index (χ2n) is 3.13. The molecule has 1 rings (SSSR count). The maximum Gasteiger partial charge on any atom is 0.162 e. The number of aliphatic hydroxyl groups excluding tert-OH is 1. The van der Waals surface area contributed by atoms with E-state index in [9.17, 15) is 4.79 Å². The lowest BCUT2D eigenvalue weighted by molar-refractivity contribution is -0.121. The molecule has 0 bridgehead atoms. The van der Waals surface area contributed by atoms with Gasteiger partial charge in [-0.15, -0.1) is 0 Å². The lowest BCUT2D eigenvalue weighted by Gasteiger charge is -2.02. The van der Waals surface area contributed by atoms with E-state index in [1.54, 1.807) is 0 Å². The fourth-order valence-corrected chi connectivity index (χ4v) is 1.28. The molecule has 14 heavy (non-hydrogen) atoms. The van der Waals surface area contributed by atoms with Gasteiger partial charge in [0.25, 0.3) is 0 Å². The summed E-state index contributed by atoms with van der Waals surface area (Å²) in [5, 5.41) is 8.89. The minimum atomic E-state index is 0.00626. The van der Waals surface area contributed by atoms with Crippen molar-refractivity contribution in [1.29, 1.82) is 0 Å². The molecule has 0 amide bonds. The number of rotatable bonds is 5. The van der Waals surface area contributed by atoms with Crippen molar-refractivity contribution in [2.45, 2.75) is 13.0 Å². The van der Waals surface area contributed by atoms with Crippen molar-refractivity contribution in [2.75, 3.05) is 13.7 Å². The number of methoxy groups -OCH3 is 1. The molecule has 0 aromatic heterocycles. The van der Waals surface area contributed by atoms with Gasteiger partial charge in [0.05, 0.1) is 6.61 Å². The molecule has 0 unspecified atom stereocenters. The first-order valence-electron chi connectivity index (χ1n) is 4.45. The van der Waals surface area contributed by atoms with Crippen LogP contribution in [0, 0.1) is 0 Å². The van der Waals surface area contributed by atoms with Crippen molar-refractivity contribution < 1.29 is 14.6 Å². The molecular weight excluding hydrogens is 180 g/mol. The molecule has 0 aliphatic rings. The van der Waals surface area contributed by atoms with E-state index in [4.69, 9.17) is 9.84 Å². The Kier molecular flexibility index (Phi) is 4.29. The number of hydrogen-bond acceptors (Lipinski definition) is 3. The van der Waals surface area contributed by atoms with Gasteiger partial charge >= 0.3 is 0 Å². The molecule has 0 aliphatic carbocycles. The summed E-state index contributed by atoms with van der Waals surface area (Å²) in [5.74, 6) is 0.0441. The Hall–Kier alpha value is -1.19. The number of carbonyl (C=O) groups excluding carboxylic acids is 1. The topological polar surface area (TPSA) is 46.5 Å². The van der Waals surface area contributed by atoms with Crippen LogP contribution in [0.3, 0.4) is 0 Å². The first-order valence-corrected chi connectivity index (χ1v) is 4.45.